The SMILES string of the molecule is CC/C=C\C/C=C\C/C=C\C/C=C\C/C=C\C/C=C\CCC(=O)OC1C(OCC(COC(=O)CCCCCCCCC/C=C\C/C=C\C/C=C\CC)OC(=O)CCCCCCCCCCCCCCCCCCC)OC(C(=O)O)C(O)C1O. The van der Waals surface area contributed by atoms with Gasteiger partial charge in [-0.1, -0.05) is 265 Å². The number of hydrogen-bond donors (Lipinski definition) is 3. The van der Waals surface area contributed by atoms with Crippen LogP contribution in [0.3, 0.4) is 0 Å². The molecule has 472 valence electrons. The lowest BCUT2D eigenvalue weighted by molar-refractivity contribution is -0.301. The van der Waals surface area contributed by atoms with E-state index in [1.165, 1.54) is 89.9 Å². The summed E-state index contributed by atoms with van der Waals surface area (Å²) in [5.41, 5.74) is 0. The number of aliphatic hydroxyl groups is 2. The molecular weight excluding hydrogens is 1040 g/mol. The largest absolute Gasteiger partial charge is 0.479 e. The number of rotatable bonds is 55. The maximum Gasteiger partial charge on any atom is 0.335 e. The Kier molecular flexibility index (Phi) is 53.2. The fourth-order valence-corrected chi connectivity index (χ4v) is 9.41. The third-order valence-electron chi connectivity index (χ3n) is 14.4. The van der Waals surface area contributed by atoms with Crippen molar-refractivity contribution in [3.63, 3.8) is 0 Å². The number of aliphatic carboxylic acids is 1. The predicted molar refractivity (Wildman–Crippen MR) is 340 cm³/mol. The number of aliphatic hydroxyl groups excluding tert-OH is 2. The van der Waals surface area contributed by atoms with E-state index in [0.717, 1.165) is 109 Å². The summed E-state index contributed by atoms with van der Waals surface area (Å²) in [5.74, 6) is -3.24. The third-order valence-corrected chi connectivity index (χ3v) is 14.4. The molecule has 1 saturated heterocycles. The van der Waals surface area contributed by atoms with Crippen molar-refractivity contribution in [2.24, 2.45) is 0 Å². The first kappa shape index (κ1) is 76.4. The zero-order valence-corrected chi connectivity index (χ0v) is 52.2. The molecule has 6 unspecified atom stereocenters. The van der Waals surface area contributed by atoms with Crippen molar-refractivity contribution in [3.05, 3.63) is 109 Å². The van der Waals surface area contributed by atoms with Crippen LogP contribution in [0.25, 0.3) is 0 Å². The molecule has 1 aliphatic heterocycles. The summed E-state index contributed by atoms with van der Waals surface area (Å²) >= 11 is 0. The van der Waals surface area contributed by atoms with Crippen molar-refractivity contribution >= 4 is 23.9 Å². The van der Waals surface area contributed by atoms with Gasteiger partial charge in [0.2, 0.25) is 0 Å². The standard InChI is InChI=1S/C71H116O12/c1-4-7-10-13-16-19-22-25-28-31-32-35-38-41-44-47-50-53-56-59-65(74)82-69-67(76)66(75)68(70(77)78)83-71(69)80-61-62(81-64(73)58-55-52-49-46-43-40-37-34-30-27-24-21-18-15-12-9-6-3)60-79-63(72)57-54-51-48-45-42-39-36-33-29-26-23-20-17-14-11-8-5-2/h7-8,10-11,16-17,19-20,25-26,28-29,32,35,41,44,50,53,62,66-69,71,75-76H,4-6,9,12-15,18,21-24,27,30-31,33-34,36-40,42-43,45-49,51-52,54-61H2,1-3H3,(H,77,78)/b10-7-,11-8-,19-16-,20-17-,28-25-,29-26-,35-32-,44-41-,53-50-. The van der Waals surface area contributed by atoms with Gasteiger partial charge in [0.1, 0.15) is 18.8 Å². The molecule has 0 saturated carbocycles. The Morgan fingerprint density at radius 3 is 1.20 bits per heavy atom. The van der Waals surface area contributed by atoms with E-state index < -0.39 is 67.3 Å². The minimum Gasteiger partial charge on any atom is -0.479 e. The van der Waals surface area contributed by atoms with Crippen LogP contribution < -0.4 is 0 Å². The topological polar surface area (TPSA) is 175 Å². The van der Waals surface area contributed by atoms with Crippen molar-refractivity contribution in [2.45, 2.75) is 302 Å². The van der Waals surface area contributed by atoms with Crippen LogP contribution in [0.4, 0.5) is 0 Å². The summed E-state index contributed by atoms with van der Waals surface area (Å²) in [6.45, 7) is 5.76. The number of esters is 3. The van der Waals surface area contributed by atoms with Gasteiger partial charge in [-0.05, 0) is 89.9 Å². The molecule has 83 heavy (non-hydrogen) atoms. The highest BCUT2D eigenvalue weighted by Crippen LogP contribution is 2.26. The number of carbonyl (C=O) groups excluding carboxylic acids is 3. The summed E-state index contributed by atoms with van der Waals surface area (Å²) in [4.78, 5) is 51.3. The van der Waals surface area contributed by atoms with Gasteiger partial charge in [-0.15, -0.1) is 0 Å². The highest BCUT2D eigenvalue weighted by molar-refractivity contribution is 5.74. The molecule has 0 bridgehead atoms. The normalized spacial score (nSPS) is 18.3. The van der Waals surface area contributed by atoms with Gasteiger partial charge in [0.05, 0.1) is 6.61 Å². The van der Waals surface area contributed by atoms with Crippen LogP contribution in [0.1, 0.15) is 265 Å². The van der Waals surface area contributed by atoms with E-state index in [9.17, 15) is 34.5 Å². The van der Waals surface area contributed by atoms with Crippen molar-refractivity contribution < 1.29 is 58.2 Å². The number of carbonyl (C=O) groups is 4. The van der Waals surface area contributed by atoms with Gasteiger partial charge in [-0.3, -0.25) is 14.4 Å². The van der Waals surface area contributed by atoms with Crippen LogP contribution in [-0.4, -0.2) is 89.2 Å². The predicted octanol–water partition coefficient (Wildman–Crippen LogP) is 17.8. The molecule has 0 radical (unpaired) electrons. The molecule has 0 aromatic heterocycles. The fraction of sp³-hybridized carbons (Fsp3) is 0.690. The van der Waals surface area contributed by atoms with Crippen molar-refractivity contribution in [1.29, 1.82) is 0 Å². The second-order valence-electron chi connectivity index (χ2n) is 22.0. The Labute approximate surface area is 504 Å². The summed E-state index contributed by atoms with van der Waals surface area (Å²) in [5, 5.41) is 31.6. The minimum absolute atomic E-state index is 0.0691. The monoisotopic (exact) mass is 1160 g/mol. The molecule has 1 heterocycles. The summed E-state index contributed by atoms with van der Waals surface area (Å²) < 4.78 is 28.5. The van der Waals surface area contributed by atoms with Crippen LogP contribution >= 0.6 is 0 Å². The van der Waals surface area contributed by atoms with E-state index >= 15 is 0 Å². The van der Waals surface area contributed by atoms with E-state index in [-0.39, 0.29) is 25.9 Å². The van der Waals surface area contributed by atoms with Crippen LogP contribution in [0.5, 0.6) is 0 Å². The molecule has 12 nitrogen and oxygen atoms in total. The zero-order valence-electron chi connectivity index (χ0n) is 52.2. The number of unbranched alkanes of at least 4 members (excludes halogenated alkanes) is 23. The quantitative estimate of drug-likeness (QED) is 0.0228. The lowest BCUT2D eigenvalue weighted by Gasteiger charge is -2.40. The molecule has 3 N–H and O–H groups in total. The van der Waals surface area contributed by atoms with Gasteiger partial charge >= 0.3 is 23.9 Å². The van der Waals surface area contributed by atoms with Gasteiger partial charge in [0, 0.05) is 19.3 Å². The average Bonchev–Trinajstić information content (AvgIpc) is 3.55. The molecule has 0 aromatic carbocycles. The van der Waals surface area contributed by atoms with Gasteiger partial charge in [-0.2, -0.15) is 0 Å². The van der Waals surface area contributed by atoms with Crippen molar-refractivity contribution in [1.82, 2.24) is 0 Å². The number of allylic oxidation sites excluding steroid dienone is 18. The average molecular weight is 1160 g/mol. The second-order valence-corrected chi connectivity index (χ2v) is 22.0. The first-order valence-electron chi connectivity index (χ1n) is 32.9. The number of ether oxygens (including phenoxy) is 5. The number of hydrogen-bond acceptors (Lipinski definition) is 11. The molecule has 0 spiro atoms. The van der Waals surface area contributed by atoms with E-state index in [0.29, 0.717) is 25.7 Å². The lowest BCUT2D eigenvalue weighted by Crippen LogP contribution is -2.61. The van der Waals surface area contributed by atoms with Crippen molar-refractivity contribution in [3.8, 4) is 0 Å². The van der Waals surface area contributed by atoms with Crippen LogP contribution in [-0.2, 0) is 42.9 Å². The highest BCUT2D eigenvalue weighted by atomic mass is 16.7. The number of carboxylic acid groups (broad SMARTS) is 1. The number of carboxylic acids is 1. The molecule has 1 fully saturated rings. The van der Waals surface area contributed by atoms with E-state index in [2.05, 4.69) is 112 Å². The first-order chi connectivity index (χ1) is 40.6. The minimum atomic E-state index is -1.93. The van der Waals surface area contributed by atoms with E-state index in [4.69, 9.17) is 23.7 Å². The Morgan fingerprint density at radius 1 is 0.410 bits per heavy atom. The van der Waals surface area contributed by atoms with E-state index in [1.807, 2.05) is 18.2 Å². The molecule has 0 amide bonds. The van der Waals surface area contributed by atoms with Crippen molar-refractivity contribution in [2.75, 3.05) is 13.2 Å². The summed E-state index contributed by atoms with van der Waals surface area (Å²) in [6.07, 6.45) is 66.3. The summed E-state index contributed by atoms with van der Waals surface area (Å²) in [7, 11) is 0. The lowest BCUT2D eigenvalue weighted by atomic mass is 9.98. The van der Waals surface area contributed by atoms with E-state index in [1.54, 1.807) is 0 Å². The van der Waals surface area contributed by atoms with Gasteiger partial charge in [0.25, 0.3) is 0 Å². The van der Waals surface area contributed by atoms with Crippen LogP contribution in [0, 0.1) is 0 Å². The molecule has 1 rings (SSSR count). The Morgan fingerprint density at radius 2 is 0.783 bits per heavy atom. The molecule has 0 aromatic rings. The zero-order chi connectivity index (χ0) is 60.3. The van der Waals surface area contributed by atoms with Gasteiger partial charge < -0.3 is 39.0 Å². The molecule has 6 atom stereocenters. The Balaban J connectivity index is 2.71. The third kappa shape index (κ3) is 47.3. The molecule has 0 aliphatic carbocycles. The Hall–Kier alpha value is -4.62. The first-order valence-corrected chi connectivity index (χ1v) is 32.9. The maximum absolute atomic E-state index is 13.2. The fourth-order valence-electron chi connectivity index (χ4n) is 9.41. The summed E-state index contributed by atoms with van der Waals surface area (Å²) in [6, 6.07) is 0. The van der Waals surface area contributed by atoms with Crippen LogP contribution in [0.15, 0.2) is 109 Å². The molecular formula is C71H116O12. The Bertz CT molecular complexity index is 1860. The highest BCUT2D eigenvalue weighted by Gasteiger charge is 2.50. The molecule has 1 aliphatic rings. The van der Waals surface area contributed by atoms with Gasteiger partial charge in [0.15, 0.2) is 24.6 Å². The second kappa shape index (κ2) is 57.8. The van der Waals surface area contributed by atoms with Gasteiger partial charge in [-0.25, -0.2) is 4.79 Å². The smallest absolute Gasteiger partial charge is 0.335 e. The van der Waals surface area contributed by atoms with Crippen LogP contribution in [0.2, 0.25) is 0 Å². The maximum atomic E-state index is 13.2. The molecule has 12 heteroatoms.